The van der Waals surface area contributed by atoms with E-state index in [-0.39, 0.29) is 17.0 Å². The van der Waals surface area contributed by atoms with E-state index in [4.69, 9.17) is 10.5 Å². The topological polar surface area (TPSA) is 131 Å². The van der Waals surface area contributed by atoms with Gasteiger partial charge in [-0.05, 0) is 66.2 Å². The zero-order valence-corrected chi connectivity index (χ0v) is 18.0. The number of hydrogen-bond acceptors (Lipinski definition) is 6. The van der Waals surface area contributed by atoms with Gasteiger partial charge >= 0.3 is 0 Å². The lowest BCUT2D eigenvalue weighted by molar-refractivity contribution is -0.131. The fraction of sp³-hybridized carbons (Fsp3) is 0.125. The molecule has 0 saturated heterocycles. The summed E-state index contributed by atoms with van der Waals surface area (Å²) in [4.78, 5) is 12.8. The van der Waals surface area contributed by atoms with Crippen LogP contribution >= 0.6 is 0 Å². The highest BCUT2D eigenvalue weighted by molar-refractivity contribution is 7.91. The summed E-state index contributed by atoms with van der Waals surface area (Å²) in [5, 5.41) is 31.6. The summed E-state index contributed by atoms with van der Waals surface area (Å²) in [6.07, 6.45) is -0.360. The third kappa shape index (κ3) is 5.80. The molecule has 0 aliphatic heterocycles. The van der Waals surface area contributed by atoms with Gasteiger partial charge in [0, 0.05) is 12.1 Å². The predicted octanol–water partition coefficient (Wildman–Crippen LogP) is 2.96. The number of anilines is 1. The highest BCUT2D eigenvalue weighted by Gasteiger charge is 2.41. The summed E-state index contributed by atoms with van der Waals surface area (Å²) in [6.45, 7) is 0. The molecular formula is C24H18FN3O4S. The molecule has 166 valence electrons. The van der Waals surface area contributed by atoms with Gasteiger partial charge in [0.05, 0.1) is 33.9 Å². The van der Waals surface area contributed by atoms with E-state index in [2.05, 4.69) is 5.32 Å². The van der Waals surface area contributed by atoms with Crippen molar-refractivity contribution in [2.45, 2.75) is 16.9 Å². The van der Waals surface area contributed by atoms with Crippen LogP contribution in [-0.4, -0.2) is 30.8 Å². The lowest BCUT2D eigenvalue weighted by Gasteiger charge is -2.27. The van der Waals surface area contributed by atoms with Crippen molar-refractivity contribution in [2.75, 3.05) is 11.1 Å². The number of sulfone groups is 1. The molecule has 0 unspecified atom stereocenters. The highest BCUT2D eigenvalue weighted by atomic mass is 32.2. The molecule has 1 amide bonds. The second-order valence-corrected chi connectivity index (χ2v) is 9.36. The second kappa shape index (κ2) is 9.61. The van der Waals surface area contributed by atoms with Crippen LogP contribution in [0.5, 0.6) is 0 Å². The van der Waals surface area contributed by atoms with E-state index in [9.17, 15) is 22.7 Å². The highest BCUT2D eigenvalue weighted by Crippen LogP contribution is 2.24. The number of carbonyl (C=O) groups excluding carboxylic acids is 1. The van der Waals surface area contributed by atoms with Crippen LogP contribution in [0.1, 0.15) is 16.7 Å². The number of hydrogen-bond donors (Lipinski definition) is 2. The summed E-state index contributed by atoms with van der Waals surface area (Å²) in [6, 6.07) is 19.8. The van der Waals surface area contributed by atoms with Crippen molar-refractivity contribution in [3.05, 3.63) is 95.3 Å². The van der Waals surface area contributed by atoms with Crippen molar-refractivity contribution >= 4 is 21.4 Å². The number of benzene rings is 3. The molecule has 0 radical (unpaired) electrons. The molecule has 0 aromatic heterocycles. The first-order valence-electron chi connectivity index (χ1n) is 9.66. The average Bonchev–Trinajstić information content (AvgIpc) is 2.80. The molecule has 0 bridgehead atoms. The average molecular weight is 463 g/mol. The Labute approximate surface area is 190 Å². The molecule has 3 rings (SSSR count). The van der Waals surface area contributed by atoms with Gasteiger partial charge in [-0.25, -0.2) is 12.8 Å². The lowest BCUT2D eigenvalue weighted by Crippen LogP contribution is -2.50. The molecule has 33 heavy (non-hydrogen) atoms. The summed E-state index contributed by atoms with van der Waals surface area (Å²) in [7, 11) is -4.19. The van der Waals surface area contributed by atoms with E-state index in [1.165, 1.54) is 48.5 Å². The zero-order chi connectivity index (χ0) is 24.1. The van der Waals surface area contributed by atoms with Crippen molar-refractivity contribution in [1.29, 1.82) is 10.5 Å². The van der Waals surface area contributed by atoms with Gasteiger partial charge in [-0.15, -0.1) is 0 Å². The molecule has 7 nitrogen and oxygen atoms in total. The van der Waals surface area contributed by atoms with Crippen molar-refractivity contribution in [1.82, 2.24) is 0 Å². The van der Waals surface area contributed by atoms with Gasteiger partial charge in [0.2, 0.25) is 0 Å². The Morgan fingerprint density at radius 3 is 1.94 bits per heavy atom. The smallest absolute Gasteiger partial charge is 0.257 e. The maximum Gasteiger partial charge on any atom is 0.257 e. The van der Waals surface area contributed by atoms with Gasteiger partial charge < -0.3 is 10.4 Å². The number of rotatable bonds is 7. The first-order chi connectivity index (χ1) is 15.6. The Morgan fingerprint density at radius 2 is 1.42 bits per heavy atom. The van der Waals surface area contributed by atoms with Crippen LogP contribution in [0.2, 0.25) is 0 Å². The fourth-order valence-corrected chi connectivity index (χ4v) is 4.73. The van der Waals surface area contributed by atoms with Crippen molar-refractivity contribution < 1.29 is 22.7 Å². The Bertz CT molecular complexity index is 1340. The molecule has 0 spiro atoms. The maximum absolute atomic E-state index is 13.2. The molecule has 0 heterocycles. The van der Waals surface area contributed by atoms with Crippen molar-refractivity contribution in [3.63, 3.8) is 0 Å². The van der Waals surface area contributed by atoms with Crippen LogP contribution in [-0.2, 0) is 21.1 Å². The van der Waals surface area contributed by atoms with Crippen LogP contribution in [0.15, 0.2) is 77.7 Å². The van der Waals surface area contributed by atoms with E-state index in [0.717, 1.165) is 24.3 Å². The van der Waals surface area contributed by atoms with Gasteiger partial charge in [-0.3, -0.25) is 4.79 Å². The molecule has 0 aliphatic carbocycles. The van der Waals surface area contributed by atoms with E-state index in [1.54, 1.807) is 0 Å². The van der Waals surface area contributed by atoms with Crippen LogP contribution in [0.4, 0.5) is 10.1 Å². The van der Waals surface area contributed by atoms with E-state index < -0.39 is 32.9 Å². The lowest BCUT2D eigenvalue weighted by atomic mass is 9.94. The zero-order valence-electron chi connectivity index (χ0n) is 17.2. The largest absolute Gasteiger partial charge is 0.379 e. The van der Waals surface area contributed by atoms with Gasteiger partial charge in [0.15, 0.2) is 15.4 Å². The Hall–Kier alpha value is -4.05. The van der Waals surface area contributed by atoms with Crippen LogP contribution in [0, 0.1) is 28.5 Å². The van der Waals surface area contributed by atoms with Gasteiger partial charge in [0.25, 0.3) is 5.91 Å². The van der Waals surface area contributed by atoms with Gasteiger partial charge in [0.1, 0.15) is 5.82 Å². The van der Waals surface area contributed by atoms with E-state index in [0.29, 0.717) is 16.7 Å². The third-order valence-corrected chi connectivity index (χ3v) is 6.72. The Balaban J connectivity index is 1.94. The fourth-order valence-electron chi connectivity index (χ4n) is 3.15. The minimum Gasteiger partial charge on any atom is -0.379 e. The molecule has 9 heteroatoms. The van der Waals surface area contributed by atoms with Gasteiger partial charge in [-0.2, -0.15) is 10.5 Å². The summed E-state index contributed by atoms with van der Waals surface area (Å²) in [5.41, 5.74) is -0.977. The molecule has 3 aromatic rings. The number of aliphatic hydroxyl groups is 1. The Morgan fingerprint density at radius 1 is 0.909 bits per heavy atom. The summed E-state index contributed by atoms with van der Waals surface area (Å²) < 4.78 is 39.1. The second-order valence-electron chi connectivity index (χ2n) is 7.37. The molecule has 0 aliphatic rings. The SMILES string of the molecule is N#Cc1ccc(C[C@](O)(CS(=O)(=O)c2ccc(F)cc2)C(=O)Nc2ccc(C#N)cc2)cc1. The first kappa shape index (κ1) is 23.6. The van der Waals surface area contributed by atoms with Crippen molar-refractivity contribution in [3.8, 4) is 12.1 Å². The van der Waals surface area contributed by atoms with Crippen LogP contribution < -0.4 is 5.32 Å². The summed E-state index contributed by atoms with van der Waals surface area (Å²) >= 11 is 0. The minimum absolute atomic E-state index is 0.242. The standard InChI is InChI=1S/C24H18FN3O4S/c25-20-7-11-22(12-8-20)33(31,32)16-24(30,13-17-1-3-18(14-26)4-2-17)23(29)28-21-9-5-19(15-27)6-10-21/h1-12,30H,13,16H2,(H,28,29)/t24-/m0/s1. The predicted molar refractivity (Wildman–Crippen MR) is 118 cm³/mol. The molecular weight excluding hydrogens is 445 g/mol. The number of nitriles is 2. The molecule has 2 N–H and O–H groups in total. The van der Waals surface area contributed by atoms with Crippen molar-refractivity contribution in [2.24, 2.45) is 0 Å². The quantitative estimate of drug-likeness (QED) is 0.518. The third-order valence-electron chi connectivity index (χ3n) is 4.88. The van der Waals surface area contributed by atoms with E-state index >= 15 is 0 Å². The molecule has 0 fully saturated rings. The number of amides is 1. The molecule has 0 saturated carbocycles. The normalized spacial score (nSPS) is 12.7. The molecule has 1 atom stereocenters. The van der Waals surface area contributed by atoms with Crippen LogP contribution in [0.25, 0.3) is 0 Å². The minimum atomic E-state index is -4.19. The summed E-state index contributed by atoms with van der Waals surface area (Å²) in [5.74, 6) is -2.56. The van der Waals surface area contributed by atoms with Crippen LogP contribution in [0.3, 0.4) is 0 Å². The van der Waals surface area contributed by atoms with E-state index in [1.807, 2.05) is 12.1 Å². The number of nitrogens with one attached hydrogen (secondary N) is 1. The first-order valence-corrected chi connectivity index (χ1v) is 11.3. The number of halogens is 1. The Kier molecular flexibility index (Phi) is 6.88. The van der Waals surface area contributed by atoms with Gasteiger partial charge in [-0.1, -0.05) is 12.1 Å². The molecule has 3 aromatic carbocycles. The maximum atomic E-state index is 13.2. The monoisotopic (exact) mass is 463 g/mol. The number of carbonyl (C=O) groups is 1. The number of nitrogens with zero attached hydrogens (tertiary/aromatic N) is 2.